The molecule has 0 radical (unpaired) electrons. The van der Waals surface area contributed by atoms with Crippen molar-refractivity contribution in [3.05, 3.63) is 0 Å². The van der Waals surface area contributed by atoms with Crippen LogP contribution in [0.4, 0.5) is 0 Å². The fourth-order valence-corrected chi connectivity index (χ4v) is 2.42. The maximum Gasteiger partial charge on any atom is 0.303 e. The van der Waals surface area contributed by atoms with Crippen LogP contribution in [0.3, 0.4) is 0 Å². The summed E-state index contributed by atoms with van der Waals surface area (Å²) in [5, 5.41) is 19.9. The van der Waals surface area contributed by atoms with Gasteiger partial charge in [-0.3, -0.25) is 9.59 Å². The monoisotopic (exact) mass is 300 g/mol. The number of amides is 1. The first-order valence-corrected chi connectivity index (χ1v) is 7.86. The second kappa shape index (κ2) is 9.65. The fraction of sp³-hybridized carbons (Fsp3) is 0.786. The summed E-state index contributed by atoms with van der Waals surface area (Å²) in [6, 6.07) is 1.97. The van der Waals surface area contributed by atoms with Crippen molar-refractivity contribution in [1.82, 2.24) is 5.32 Å². The van der Waals surface area contributed by atoms with Gasteiger partial charge in [0.2, 0.25) is 5.91 Å². The van der Waals surface area contributed by atoms with Gasteiger partial charge < -0.3 is 10.4 Å². The van der Waals surface area contributed by atoms with Gasteiger partial charge in [0.15, 0.2) is 0 Å². The summed E-state index contributed by atoms with van der Waals surface area (Å²) in [5.74, 6) is 0.0116. The number of carbonyl (C=O) groups is 2. The van der Waals surface area contributed by atoms with Gasteiger partial charge in [0.25, 0.3) is 0 Å². The summed E-state index contributed by atoms with van der Waals surface area (Å²) in [7, 11) is 0. The summed E-state index contributed by atoms with van der Waals surface area (Å²) < 4.78 is 0. The standard InChI is InChI=1S/C14H24N2O3S/c1-14(2,3)11(4-5-13(18)19)6-8-16-12(17)10-20-9-7-15/h11H,4-6,8-10H2,1-3H3,(H,16,17)(H,18,19). The first kappa shape index (κ1) is 18.8. The fourth-order valence-electron chi connectivity index (χ4n) is 1.93. The molecule has 0 fully saturated rings. The molecule has 0 aliphatic heterocycles. The lowest BCUT2D eigenvalue weighted by atomic mass is 9.76. The zero-order valence-electron chi connectivity index (χ0n) is 12.4. The number of nitrogens with one attached hydrogen (secondary N) is 1. The van der Waals surface area contributed by atoms with Gasteiger partial charge in [0, 0.05) is 13.0 Å². The third-order valence-electron chi connectivity index (χ3n) is 3.15. The Morgan fingerprint density at radius 3 is 2.50 bits per heavy atom. The van der Waals surface area contributed by atoms with Gasteiger partial charge in [-0.1, -0.05) is 20.8 Å². The molecule has 0 aliphatic carbocycles. The molecule has 0 aromatic heterocycles. The van der Waals surface area contributed by atoms with Crippen molar-refractivity contribution < 1.29 is 14.7 Å². The summed E-state index contributed by atoms with van der Waals surface area (Å²) in [5.41, 5.74) is 0.0235. The topological polar surface area (TPSA) is 90.2 Å². The molecule has 0 saturated heterocycles. The molecule has 1 unspecified atom stereocenters. The highest BCUT2D eigenvalue weighted by atomic mass is 32.2. The van der Waals surface area contributed by atoms with E-state index in [0.29, 0.717) is 24.5 Å². The van der Waals surface area contributed by atoms with Crippen LogP contribution in [0, 0.1) is 22.7 Å². The Morgan fingerprint density at radius 2 is 2.00 bits per heavy atom. The van der Waals surface area contributed by atoms with E-state index in [-0.39, 0.29) is 23.7 Å². The predicted molar refractivity (Wildman–Crippen MR) is 80.4 cm³/mol. The van der Waals surface area contributed by atoms with Gasteiger partial charge in [-0.05, 0) is 24.2 Å². The van der Waals surface area contributed by atoms with Crippen LogP contribution in [0.25, 0.3) is 0 Å². The van der Waals surface area contributed by atoms with E-state index < -0.39 is 5.97 Å². The molecule has 0 aromatic rings. The molecule has 5 nitrogen and oxygen atoms in total. The van der Waals surface area contributed by atoms with Crippen molar-refractivity contribution in [2.75, 3.05) is 18.1 Å². The van der Waals surface area contributed by atoms with Gasteiger partial charge >= 0.3 is 5.97 Å². The summed E-state index contributed by atoms with van der Waals surface area (Å²) >= 11 is 1.29. The van der Waals surface area contributed by atoms with E-state index in [1.54, 1.807) is 0 Å². The smallest absolute Gasteiger partial charge is 0.303 e. The molecular formula is C14H24N2O3S. The number of carboxylic acids is 1. The van der Waals surface area contributed by atoms with Crippen LogP contribution in [-0.2, 0) is 9.59 Å². The van der Waals surface area contributed by atoms with E-state index in [1.807, 2.05) is 6.07 Å². The van der Waals surface area contributed by atoms with Crippen LogP contribution < -0.4 is 5.32 Å². The Morgan fingerprint density at radius 1 is 1.35 bits per heavy atom. The molecule has 1 atom stereocenters. The number of thioether (sulfide) groups is 1. The van der Waals surface area contributed by atoms with Crippen molar-refractivity contribution in [2.45, 2.75) is 40.0 Å². The largest absolute Gasteiger partial charge is 0.481 e. The van der Waals surface area contributed by atoms with Gasteiger partial charge in [-0.2, -0.15) is 5.26 Å². The minimum absolute atomic E-state index is 0.0235. The Bertz CT molecular complexity index is 358. The first-order chi connectivity index (χ1) is 9.27. The quantitative estimate of drug-likeness (QED) is 0.637. The summed E-state index contributed by atoms with van der Waals surface area (Å²) in [6.07, 6.45) is 1.55. The number of hydrogen-bond donors (Lipinski definition) is 2. The number of aliphatic carboxylic acids is 1. The van der Waals surface area contributed by atoms with Gasteiger partial charge in [-0.25, -0.2) is 0 Å². The van der Waals surface area contributed by atoms with Crippen LogP contribution in [0.1, 0.15) is 40.0 Å². The highest BCUT2D eigenvalue weighted by molar-refractivity contribution is 8.00. The SMILES string of the molecule is CC(C)(C)C(CCNC(=O)CSCC#N)CCC(=O)O. The van der Waals surface area contributed by atoms with Crippen molar-refractivity contribution >= 4 is 23.6 Å². The molecule has 1 amide bonds. The zero-order chi connectivity index (χ0) is 15.6. The number of hydrogen-bond acceptors (Lipinski definition) is 4. The Kier molecular flexibility index (Phi) is 9.06. The Balaban J connectivity index is 4.05. The van der Waals surface area contributed by atoms with Gasteiger partial charge in [0.1, 0.15) is 0 Å². The third kappa shape index (κ3) is 9.68. The number of carboxylic acid groups (broad SMARTS) is 1. The average Bonchev–Trinajstić information content (AvgIpc) is 2.31. The molecule has 0 spiro atoms. The van der Waals surface area contributed by atoms with Crippen molar-refractivity contribution in [1.29, 1.82) is 5.26 Å². The Labute approximate surface area is 125 Å². The van der Waals surface area contributed by atoms with Crippen molar-refractivity contribution in [2.24, 2.45) is 11.3 Å². The minimum atomic E-state index is -0.781. The molecule has 114 valence electrons. The van der Waals surface area contributed by atoms with Crippen molar-refractivity contribution in [3.63, 3.8) is 0 Å². The molecule has 0 aromatic carbocycles. The number of rotatable bonds is 9. The highest BCUT2D eigenvalue weighted by Gasteiger charge is 2.24. The molecule has 2 N–H and O–H groups in total. The van der Waals surface area contributed by atoms with Crippen LogP contribution in [0.15, 0.2) is 0 Å². The molecular weight excluding hydrogens is 276 g/mol. The van der Waals surface area contributed by atoms with Crippen molar-refractivity contribution in [3.8, 4) is 6.07 Å². The van der Waals surface area contributed by atoms with E-state index in [0.717, 1.165) is 6.42 Å². The zero-order valence-corrected chi connectivity index (χ0v) is 13.3. The number of nitrogens with zero attached hydrogens (tertiary/aromatic N) is 1. The lowest BCUT2D eigenvalue weighted by molar-refractivity contribution is -0.137. The number of carbonyl (C=O) groups excluding carboxylic acids is 1. The van der Waals surface area contributed by atoms with Crippen LogP contribution >= 0.6 is 11.8 Å². The minimum Gasteiger partial charge on any atom is -0.481 e. The van der Waals surface area contributed by atoms with Crippen LogP contribution in [0.2, 0.25) is 0 Å². The predicted octanol–water partition coefficient (Wildman–Crippen LogP) is 2.28. The van der Waals surface area contributed by atoms with Gasteiger partial charge in [-0.15, -0.1) is 11.8 Å². The molecule has 0 rings (SSSR count). The molecule has 0 aliphatic rings. The Hall–Kier alpha value is -1.22. The molecule has 0 saturated carbocycles. The molecule has 6 heteroatoms. The van der Waals surface area contributed by atoms with E-state index in [1.165, 1.54) is 11.8 Å². The maximum absolute atomic E-state index is 11.5. The first-order valence-electron chi connectivity index (χ1n) is 6.70. The normalized spacial score (nSPS) is 12.5. The van der Waals surface area contributed by atoms with E-state index in [4.69, 9.17) is 10.4 Å². The lowest BCUT2D eigenvalue weighted by Crippen LogP contribution is -2.31. The lowest BCUT2D eigenvalue weighted by Gasteiger charge is -2.30. The summed E-state index contributed by atoms with van der Waals surface area (Å²) in [4.78, 5) is 22.1. The third-order valence-corrected chi connectivity index (χ3v) is 3.95. The van der Waals surface area contributed by atoms with E-state index in [9.17, 15) is 9.59 Å². The highest BCUT2D eigenvalue weighted by Crippen LogP contribution is 2.32. The molecule has 0 heterocycles. The molecule has 0 bridgehead atoms. The van der Waals surface area contributed by atoms with Crippen LogP contribution in [0.5, 0.6) is 0 Å². The second-order valence-electron chi connectivity index (χ2n) is 5.78. The second-order valence-corrected chi connectivity index (χ2v) is 6.77. The number of nitriles is 1. The van der Waals surface area contributed by atoms with E-state index in [2.05, 4.69) is 26.1 Å². The van der Waals surface area contributed by atoms with Gasteiger partial charge in [0.05, 0.1) is 17.6 Å². The summed E-state index contributed by atoms with van der Waals surface area (Å²) in [6.45, 7) is 6.81. The maximum atomic E-state index is 11.5. The molecule has 20 heavy (non-hydrogen) atoms. The van der Waals surface area contributed by atoms with E-state index >= 15 is 0 Å². The van der Waals surface area contributed by atoms with Crippen LogP contribution in [-0.4, -0.2) is 35.0 Å². The average molecular weight is 300 g/mol.